The highest BCUT2D eigenvalue weighted by Crippen LogP contribution is 2.12. The van der Waals surface area contributed by atoms with E-state index in [1.165, 1.54) is 6.92 Å². The van der Waals surface area contributed by atoms with Gasteiger partial charge in [-0.1, -0.05) is 12.1 Å². The fourth-order valence-corrected chi connectivity index (χ4v) is 1.97. The molecule has 0 radical (unpaired) electrons. The summed E-state index contributed by atoms with van der Waals surface area (Å²) in [6, 6.07) is 10.1. The molecular formula is C17H21N5O2. The number of nitrogens with zero attached hydrogens (tertiary/aromatic N) is 3. The second-order valence-corrected chi connectivity index (χ2v) is 5.62. The lowest BCUT2D eigenvalue weighted by molar-refractivity contribution is 0.100. The Morgan fingerprint density at radius 2 is 1.92 bits per heavy atom. The fraction of sp³-hybridized carbons (Fsp3) is 0.294. The molecule has 0 saturated carbocycles. The zero-order valence-electron chi connectivity index (χ0n) is 14.0. The van der Waals surface area contributed by atoms with Crippen LogP contribution in [0.5, 0.6) is 0 Å². The van der Waals surface area contributed by atoms with Crippen LogP contribution in [0.25, 0.3) is 0 Å². The molecule has 24 heavy (non-hydrogen) atoms. The molecule has 7 nitrogen and oxygen atoms in total. The van der Waals surface area contributed by atoms with E-state index in [9.17, 15) is 9.59 Å². The monoisotopic (exact) mass is 327 g/mol. The van der Waals surface area contributed by atoms with Gasteiger partial charge in [0.1, 0.15) is 5.82 Å². The summed E-state index contributed by atoms with van der Waals surface area (Å²) < 4.78 is 0. The lowest BCUT2D eigenvalue weighted by atomic mass is 10.1. The van der Waals surface area contributed by atoms with Crippen LogP contribution < -0.4 is 10.6 Å². The standard InChI is InChI=1S/C17H21N5O2/c1-12(23)13-5-4-6-14(11-13)19-17(24)15-7-8-16(21-20-15)18-9-10-22(2)3/h4-8,11H,9-10H2,1-3H3,(H,18,21)(H,19,24). The van der Waals surface area contributed by atoms with Crippen LogP contribution in [-0.2, 0) is 0 Å². The smallest absolute Gasteiger partial charge is 0.276 e. The molecule has 1 aromatic carbocycles. The minimum Gasteiger partial charge on any atom is -0.367 e. The van der Waals surface area contributed by atoms with Gasteiger partial charge in [0.25, 0.3) is 5.91 Å². The van der Waals surface area contributed by atoms with Crippen molar-refractivity contribution in [3.05, 3.63) is 47.7 Å². The van der Waals surface area contributed by atoms with Gasteiger partial charge >= 0.3 is 0 Å². The fourth-order valence-electron chi connectivity index (χ4n) is 1.97. The van der Waals surface area contributed by atoms with Gasteiger partial charge in [-0.25, -0.2) is 0 Å². The van der Waals surface area contributed by atoms with Crippen LogP contribution in [-0.4, -0.2) is 54.0 Å². The number of ketones is 1. The molecule has 0 bridgehead atoms. The number of hydrogen-bond donors (Lipinski definition) is 2. The molecule has 1 heterocycles. The molecule has 126 valence electrons. The van der Waals surface area contributed by atoms with Crippen LogP contribution in [0.2, 0.25) is 0 Å². The zero-order chi connectivity index (χ0) is 17.5. The van der Waals surface area contributed by atoms with E-state index in [0.717, 1.165) is 13.1 Å². The second kappa shape index (κ2) is 8.16. The zero-order valence-corrected chi connectivity index (χ0v) is 14.0. The molecule has 2 aromatic rings. The van der Waals surface area contributed by atoms with Gasteiger partial charge in [-0.05, 0) is 45.3 Å². The summed E-state index contributed by atoms with van der Waals surface area (Å²) in [6.45, 7) is 3.09. The number of carbonyl (C=O) groups is 2. The quantitative estimate of drug-likeness (QED) is 0.755. The molecule has 1 amide bonds. The average Bonchev–Trinajstić information content (AvgIpc) is 2.55. The third-order valence-corrected chi connectivity index (χ3v) is 3.29. The van der Waals surface area contributed by atoms with Crippen LogP contribution >= 0.6 is 0 Å². The summed E-state index contributed by atoms with van der Waals surface area (Å²) >= 11 is 0. The van der Waals surface area contributed by atoms with Crippen molar-refractivity contribution in [2.75, 3.05) is 37.8 Å². The van der Waals surface area contributed by atoms with Crippen molar-refractivity contribution in [3.63, 3.8) is 0 Å². The summed E-state index contributed by atoms with van der Waals surface area (Å²) in [6.07, 6.45) is 0. The summed E-state index contributed by atoms with van der Waals surface area (Å²) in [7, 11) is 3.98. The van der Waals surface area contributed by atoms with Crippen molar-refractivity contribution in [2.45, 2.75) is 6.92 Å². The first-order chi connectivity index (χ1) is 11.5. The Bertz CT molecular complexity index is 713. The molecular weight excluding hydrogens is 306 g/mol. The maximum atomic E-state index is 12.2. The molecule has 7 heteroatoms. The van der Waals surface area contributed by atoms with Crippen molar-refractivity contribution in [3.8, 4) is 0 Å². The minimum absolute atomic E-state index is 0.0564. The highest BCUT2D eigenvalue weighted by Gasteiger charge is 2.09. The van der Waals surface area contributed by atoms with Crippen LogP contribution in [0, 0.1) is 0 Å². The van der Waals surface area contributed by atoms with Crippen LogP contribution in [0.15, 0.2) is 36.4 Å². The van der Waals surface area contributed by atoms with E-state index in [1.807, 2.05) is 14.1 Å². The Balaban J connectivity index is 1.97. The van der Waals surface area contributed by atoms with E-state index < -0.39 is 0 Å². The first-order valence-corrected chi connectivity index (χ1v) is 7.60. The molecule has 0 fully saturated rings. The molecule has 0 aliphatic heterocycles. The summed E-state index contributed by atoms with van der Waals surface area (Å²) in [4.78, 5) is 25.6. The lowest BCUT2D eigenvalue weighted by Gasteiger charge is -2.10. The van der Waals surface area contributed by atoms with Crippen LogP contribution in [0.4, 0.5) is 11.5 Å². The molecule has 0 unspecified atom stereocenters. The van der Waals surface area contributed by atoms with E-state index in [0.29, 0.717) is 17.1 Å². The number of benzene rings is 1. The largest absolute Gasteiger partial charge is 0.367 e. The van der Waals surface area contributed by atoms with Gasteiger partial charge < -0.3 is 15.5 Å². The number of aromatic nitrogens is 2. The van der Waals surface area contributed by atoms with Crippen LogP contribution in [0.1, 0.15) is 27.8 Å². The molecule has 0 aliphatic rings. The predicted molar refractivity (Wildman–Crippen MR) is 93.5 cm³/mol. The Labute approximate surface area is 141 Å². The number of likely N-dealkylation sites (N-methyl/N-ethyl adjacent to an activating group) is 1. The van der Waals surface area contributed by atoms with Crippen molar-refractivity contribution >= 4 is 23.2 Å². The van der Waals surface area contributed by atoms with Crippen molar-refractivity contribution in [1.82, 2.24) is 15.1 Å². The second-order valence-electron chi connectivity index (χ2n) is 5.62. The van der Waals surface area contributed by atoms with Crippen molar-refractivity contribution in [2.24, 2.45) is 0 Å². The van der Waals surface area contributed by atoms with Gasteiger partial charge in [0.2, 0.25) is 0 Å². The van der Waals surface area contributed by atoms with Gasteiger partial charge in [0, 0.05) is 24.3 Å². The third kappa shape index (κ3) is 5.13. The predicted octanol–water partition coefficient (Wildman–Crippen LogP) is 1.90. The van der Waals surface area contributed by atoms with Crippen molar-refractivity contribution < 1.29 is 9.59 Å². The number of rotatable bonds is 7. The topological polar surface area (TPSA) is 87.2 Å². The van der Waals surface area contributed by atoms with E-state index in [4.69, 9.17) is 0 Å². The van der Waals surface area contributed by atoms with Crippen molar-refractivity contribution in [1.29, 1.82) is 0 Å². The summed E-state index contributed by atoms with van der Waals surface area (Å²) in [5.74, 6) is 0.189. The number of amides is 1. The Morgan fingerprint density at radius 1 is 1.12 bits per heavy atom. The van der Waals surface area contributed by atoms with E-state index in [2.05, 4.69) is 25.7 Å². The number of nitrogens with one attached hydrogen (secondary N) is 2. The Kier molecular flexibility index (Phi) is 5.97. The maximum absolute atomic E-state index is 12.2. The number of hydrogen-bond acceptors (Lipinski definition) is 6. The molecule has 0 aliphatic carbocycles. The molecule has 0 saturated heterocycles. The van der Waals surface area contributed by atoms with Crippen LogP contribution in [0.3, 0.4) is 0 Å². The summed E-state index contributed by atoms with van der Waals surface area (Å²) in [5.41, 5.74) is 1.29. The SMILES string of the molecule is CC(=O)c1cccc(NC(=O)c2ccc(NCCN(C)C)nn2)c1. The first kappa shape index (κ1) is 17.6. The maximum Gasteiger partial charge on any atom is 0.276 e. The first-order valence-electron chi connectivity index (χ1n) is 7.60. The van der Waals surface area contributed by atoms with E-state index >= 15 is 0 Å². The van der Waals surface area contributed by atoms with Gasteiger partial charge in [-0.3, -0.25) is 9.59 Å². The Morgan fingerprint density at radius 3 is 2.54 bits per heavy atom. The van der Waals surface area contributed by atoms with E-state index in [-0.39, 0.29) is 17.4 Å². The summed E-state index contributed by atoms with van der Waals surface area (Å²) in [5, 5.41) is 13.8. The van der Waals surface area contributed by atoms with Gasteiger partial charge in [0.15, 0.2) is 11.5 Å². The molecule has 2 N–H and O–H groups in total. The number of anilines is 2. The molecule has 2 rings (SSSR count). The van der Waals surface area contributed by atoms with E-state index in [1.54, 1.807) is 36.4 Å². The molecule has 0 spiro atoms. The molecule has 0 atom stereocenters. The van der Waals surface area contributed by atoms with Gasteiger partial charge in [-0.15, -0.1) is 10.2 Å². The highest BCUT2D eigenvalue weighted by molar-refractivity contribution is 6.03. The minimum atomic E-state index is -0.372. The highest BCUT2D eigenvalue weighted by atomic mass is 16.2. The number of Topliss-reactive ketones (excluding diaryl/α,β-unsaturated/α-hetero) is 1. The Hall–Kier alpha value is -2.80. The average molecular weight is 327 g/mol. The number of carbonyl (C=O) groups excluding carboxylic acids is 2. The normalized spacial score (nSPS) is 10.5. The lowest BCUT2D eigenvalue weighted by Crippen LogP contribution is -2.21. The third-order valence-electron chi connectivity index (χ3n) is 3.29. The van der Waals surface area contributed by atoms with Gasteiger partial charge in [0.05, 0.1) is 0 Å². The van der Waals surface area contributed by atoms with Gasteiger partial charge in [-0.2, -0.15) is 0 Å². The molecule has 1 aromatic heterocycles.